The van der Waals surface area contributed by atoms with E-state index in [4.69, 9.17) is 19.9 Å². The number of fused-ring (bicyclic) bond motifs is 1. The fourth-order valence-corrected chi connectivity index (χ4v) is 2.63. The van der Waals surface area contributed by atoms with Crippen molar-refractivity contribution in [2.24, 2.45) is 5.73 Å². The van der Waals surface area contributed by atoms with Crippen LogP contribution in [0, 0.1) is 6.92 Å². The predicted molar refractivity (Wildman–Crippen MR) is 81.2 cm³/mol. The van der Waals surface area contributed by atoms with Gasteiger partial charge in [0.2, 0.25) is 0 Å². The van der Waals surface area contributed by atoms with Crippen molar-refractivity contribution in [3.8, 4) is 17.2 Å². The maximum absolute atomic E-state index is 6.46. The fourth-order valence-electron chi connectivity index (χ4n) is 2.63. The van der Waals surface area contributed by atoms with Gasteiger partial charge in [-0.2, -0.15) is 0 Å². The lowest BCUT2D eigenvalue weighted by atomic mass is 9.94. The van der Waals surface area contributed by atoms with Gasteiger partial charge in [-0.05, 0) is 36.2 Å². The molecule has 2 aromatic carbocycles. The third-order valence-electron chi connectivity index (χ3n) is 3.74. The number of hydrogen-bond acceptors (Lipinski definition) is 4. The number of aryl methyl sites for hydroxylation is 1. The molecule has 1 atom stereocenters. The van der Waals surface area contributed by atoms with E-state index < -0.39 is 0 Å². The molecule has 4 nitrogen and oxygen atoms in total. The molecule has 0 aliphatic carbocycles. The summed E-state index contributed by atoms with van der Waals surface area (Å²) < 4.78 is 16.6. The molecule has 2 aromatic rings. The molecule has 21 heavy (non-hydrogen) atoms. The topological polar surface area (TPSA) is 53.7 Å². The van der Waals surface area contributed by atoms with Crippen LogP contribution in [0.3, 0.4) is 0 Å². The van der Waals surface area contributed by atoms with Crippen molar-refractivity contribution in [1.82, 2.24) is 0 Å². The zero-order chi connectivity index (χ0) is 14.8. The van der Waals surface area contributed by atoms with Gasteiger partial charge in [-0.3, -0.25) is 0 Å². The van der Waals surface area contributed by atoms with Crippen LogP contribution in [0.5, 0.6) is 17.2 Å². The Kier molecular flexibility index (Phi) is 3.71. The van der Waals surface area contributed by atoms with Crippen LogP contribution in [0.1, 0.15) is 22.7 Å². The number of nitrogens with two attached hydrogens (primary N) is 1. The Hall–Kier alpha value is -2.20. The van der Waals surface area contributed by atoms with Crippen molar-refractivity contribution >= 4 is 0 Å². The Bertz CT molecular complexity index is 654. The van der Waals surface area contributed by atoms with Crippen molar-refractivity contribution in [3.05, 3.63) is 53.1 Å². The molecule has 0 bridgehead atoms. The molecule has 0 fully saturated rings. The van der Waals surface area contributed by atoms with Crippen molar-refractivity contribution in [2.45, 2.75) is 13.0 Å². The van der Waals surface area contributed by atoms with Crippen LogP contribution in [0.4, 0.5) is 0 Å². The Morgan fingerprint density at radius 1 is 1.10 bits per heavy atom. The number of rotatable bonds is 3. The highest BCUT2D eigenvalue weighted by molar-refractivity contribution is 5.52. The molecule has 2 N–H and O–H groups in total. The third kappa shape index (κ3) is 2.54. The van der Waals surface area contributed by atoms with E-state index in [-0.39, 0.29) is 6.04 Å². The molecular formula is C17H19NO3. The number of para-hydroxylation sites is 1. The van der Waals surface area contributed by atoms with E-state index in [1.54, 1.807) is 7.11 Å². The Morgan fingerprint density at radius 3 is 2.67 bits per heavy atom. The second-order valence-electron chi connectivity index (χ2n) is 5.07. The smallest absolute Gasteiger partial charge is 0.166 e. The zero-order valence-electron chi connectivity index (χ0n) is 12.3. The van der Waals surface area contributed by atoms with Crippen molar-refractivity contribution in [1.29, 1.82) is 0 Å². The van der Waals surface area contributed by atoms with Crippen molar-refractivity contribution < 1.29 is 14.2 Å². The van der Waals surface area contributed by atoms with Crippen LogP contribution in [0.2, 0.25) is 0 Å². The molecule has 1 unspecified atom stereocenters. The first-order valence-electron chi connectivity index (χ1n) is 6.99. The SMILES string of the molecule is COc1ccc(C(N)c2cccc3c2OCCO3)c(C)c1. The lowest BCUT2D eigenvalue weighted by Crippen LogP contribution is -2.20. The molecule has 1 aliphatic heterocycles. The average Bonchev–Trinajstić information content (AvgIpc) is 2.53. The lowest BCUT2D eigenvalue weighted by Gasteiger charge is -2.24. The second kappa shape index (κ2) is 5.66. The molecule has 1 heterocycles. The molecule has 0 spiro atoms. The summed E-state index contributed by atoms with van der Waals surface area (Å²) in [4.78, 5) is 0. The number of methoxy groups -OCH3 is 1. The van der Waals surface area contributed by atoms with Crippen LogP contribution in [0.25, 0.3) is 0 Å². The first-order chi connectivity index (χ1) is 10.2. The van der Waals surface area contributed by atoms with Gasteiger partial charge in [-0.25, -0.2) is 0 Å². The van der Waals surface area contributed by atoms with Gasteiger partial charge in [0.15, 0.2) is 11.5 Å². The summed E-state index contributed by atoms with van der Waals surface area (Å²) >= 11 is 0. The van der Waals surface area contributed by atoms with Gasteiger partial charge in [0.1, 0.15) is 19.0 Å². The molecule has 0 aromatic heterocycles. The lowest BCUT2D eigenvalue weighted by molar-refractivity contribution is 0.169. The molecule has 1 aliphatic rings. The van der Waals surface area contributed by atoms with Crippen LogP contribution < -0.4 is 19.9 Å². The first-order valence-corrected chi connectivity index (χ1v) is 6.99. The number of benzene rings is 2. The van der Waals surface area contributed by atoms with E-state index in [2.05, 4.69) is 0 Å². The van der Waals surface area contributed by atoms with Crippen molar-refractivity contribution in [3.63, 3.8) is 0 Å². The third-order valence-corrected chi connectivity index (χ3v) is 3.74. The fraction of sp³-hybridized carbons (Fsp3) is 0.294. The Morgan fingerprint density at radius 2 is 1.90 bits per heavy atom. The quantitative estimate of drug-likeness (QED) is 0.942. The summed E-state index contributed by atoms with van der Waals surface area (Å²) in [7, 11) is 1.66. The first kappa shape index (κ1) is 13.8. The van der Waals surface area contributed by atoms with E-state index in [1.165, 1.54) is 0 Å². The highest BCUT2D eigenvalue weighted by Gasteiger charge is 2.21. The summed E-state index contributed by atoms with van der Waals surface area (Å²) in [5, 5.41) is 0. The average molecular weight is 285 g/mol. The predicted octanol–water partition coefficient (Wildman–Crippen LogP) is 2.82. The van der Waals surface area contributed by atoms with Crippen molar-refractivity contribution in [2.75, 3.05) is 20.3 Å². The molecule has 0 amide bonds. The van der Waals surface area contributed by atoms with Crippen LogP contribution in [0.15, 0.2) is 36.4 Å². The summed E-state index contributed by atoms with van der Waals surface area (Å²) in [6, 6.07) is 11.5. The monoisotopic (exact) mass is 285 g/mol. The van der Waals surface area contributed by atoms with Gasteiger partial charge in [0, 0.05) is 5.56 Å². The van der Waals surface area contributed by atoms with Gasteiger partial charge in [-0.1, -0.05) is 18.2 Å². The van der Waals surface area contributed by atoms with E-state index in [0.717, 1.165) is 33.9 Å². The van der Waals surface area contributed by atoms with Gasteiger partial charge in [0.05, 0.1) is 13.2 Å². The Balaban J connectivity index is 2.01. The molecular weight excluding hydrogens is 266 g/mol. The summed E-state index contributed by atoms with van der Waals surface area (Å²) in [6.07, 6.45) is 0. The van der Waals surface area contributed by atoms with E-state index in [1.807, 2.05) is 43.3 Å². The maximum Gasteiger partial charge on any atom is 0.166 e. The highest BCUT2D eigenvalue weighted by Crippen LogP contribution is 2.39. The number of ether oxygens (including phenoxy) is 3. The molecule has 4 heteroatoms. The second-order valence-corrected chi connectivity index (χ2v) is 5.07. The molecule has 0 radical (unpaired) electrons. The summed E-state index contributed by atoms with van der Waals surface area (Å²) in [5.74, 6) is 2.35. The molecule has 0 saturated heterocycles. The maximum atomic E-state index is 6.46. The van der Waals surface area contributed by atoms with Crippen LogP contribution >= 0.6 is 0 Å². The molecule has 3 rings (SSSR count). The molecule has 110 valence electrons. The standard InChI is InChI=1S/C17H19NO3/c1-11-10-12(19-2)6-7-13(11)16(18)14-4-3-5-15-17(14)21-9-8-20-15/h3-7,10,16H,8-9,18H2,1-2H3. The minimum Gasteiger partial charge on any atom is -0.497 e. The summed E-state index contributed by atoms with van der Waals surface area (Å²) in [5.41, 5.74) is 9.55. The Labute approximate surface area is 124 Å². The zero-order valence-corrected chi connectivity index (χ0v) is 12.3. The van der Waals surface area contributed by atoms with E-state index in [9.17, 15) is 0 Å². The highest BCUT2D eigenvalue weighted by atomic mass is 16.6. The van der Waals surface area contributed by atoms with Gasteiger partial charge in [0.25, 0.3) is 0 Å². The van der Waals surface area contributed by atoms with Crippen LogP contribution in [-0.4, -0.2) is 20.3 Å². The van der Waals surface area contributed by atoms with E-state index in [0.29, 0.717) is 13.2 Å². The largest absolute Gasteiger partial charge is 0.497 e. The number of hydrogen-bond donors (Lipinski definition) is 1. The molecule has 0 saturated carbocycles. The van der Waals surface area contributed by atoms with Gasteiger partial charge in [-0.15, -0.1) is 0 Å². The van der Waals surface area contributed by atoms with Gasteiger partial charge >= 0.3 is 0 Å². The minimum absolute atomic E-state index is 0.257. The van der Waals surface area contributed by atoms with E-state index >= 15 is 0 Å². The van der Waals surface area contributed by atoms with Gasteiger partial charge < -0.3 is 19.9 Å². The normalized spacial score (nSPS) is 14.6. The minimum atomic E-state index is -0.257. The van der Waals surface area contributed by atoms with Crippen LogP contribution in [-0.2, 0) is 0 Å². The summed E-state index contributed by atoms with van der Waals surface area (Å²) in [6.45, 7) is 3.16.